The Bertz CT molecular complexity index is 738. The second-order valence-electron chi connectivity index (χ2n) is 5.78. The monoisotopic (exact) mass is 409 g/mol. The van der Waals surface area contributed by atoms with Gasteiger partial charge in [-0.3, -0.25) is 9.74 Å². The van der Waals surface area contributed by atoms with Crippen molar-refractivity contribution in [2.45, 2.75) is 6.92 Å². The number of carbonyl (C=O) groups is 1. The molecule has 2 aromatic carbocycles. The first-order valence-electron chi connectivity index (χ1n) is 8.41. The Morgan fingerprint density at radius 3 is 1.89 bits per heavy atom. The SMILES string of the molecule is Cc1ccc(N2CCN(c3ccc(O)cc3)CC2)cc1O.NC=S.O=COF. The Labute approximate surface area is 168 Å². The molecule has 1 saturated heterocycles. The summed E-state index contributed by atoms with van der Waals surface area (Å²) in [4.78, 5) is 15.5. The molecule has 4 N–H and O–H groups in total. The topological polar surface area (TPSA) is 99.3 Å². The molecule has 1 heterocycles. The van der Waals surface area contributed by atoms with Gasteiger partial charge in [-0.1, -0.05) is 18.3 Å². The highest BCUT2D eigenvalue weighted by atomic mass is 32.1. The van der Waals surface area contributed by atoms with Crippen molar-refractivity contribution in [3.05, 3.63) is 48.0 Å². The molecule has 0 bridgehead atoms. The van der Waals surface area contributed by atoms with Crippen LogP contribution in [0.5, 0.6) is 11.5 Å². The highest BCUT2D eigenvalue weighted by molar-refractivity contribution is 7.78. The van der Waals surface area contributed by atoms with Gasteiger partial charge in [-0.05, 0) is 42.8 Å². The van der Waals surface area contributed by atoms with E-state index in [9.17, 15) is 14.7 Å². The minimum absolute atomic E-state index is 0.292. The molecule has 152 valence electrons. The number of hydrogen-bond acceptors (Lipinski definition) is 7. The zero-order valence-electron chi connectivity index (χ0n) is 15.5. The zero-order chi connectivity index (χ0) is 20.9. The summed E-state index contributed by atoms with van der Waals surface area (Å²) in [5.41, 5.74) is 8.74. The molecular formula is C19H24FN3O4S. The lowest BCUT2D eigenvalue weighted by Gasteiger charge is -2.37. The molecule has 0 saturated carbocycles. The maximum atomic E-state index is 9.85. The van der Waals surface area contributed by atoms with Crippen LogP contribution in [0, 0.1) is 6.92 Å². The Kier molecular flexibility index (Phi) is 10.1. The molecule has 7 nitrogen and oxygen atoms in total. The number of piperazine rings is 1. The van der Waals surface area contributed by atoms with E-state index in [-0.39, 0.29) is 6.47 Å². The number of anilines is 2. The second-order valence-corrected chi connectivity index (χ2v) is 6.05. The third kappa shape index (κ3) is 7.28. The lowest BCUT2D eigenvalue weighted by Crippen LogP contribution is -2.46. The van der Waals surface area contributed by atoms with Crippen molar-refractivity contribution in [3.8, 4) is 11.5 Å². The molecule has 0 radical (unpaired) electrons. The first kappa shape index (κ1) is 23.0. The highest BCUT2D eigenvalue weighted by Crippen LogP contribution is 2.26. The number of phenolic OH excluding ortho intramolecular Hbond substituents is 2. The molecule has 0 amide bonds. The van der Waals surface area contributed by atoms with Crippen LogP contribution in [0.15, 0.2) is 42.5 Å². The normalized spacial score (nSPS) is 12.6. The molecule has 9 heteroatoms. The number of carbonyl (C=O) groups excluding carboxylic acids is 1. The average molecular weight is 409 g/mol. The van der Waals surface area contributed by atoms with E-state index in [1.54, 1.807) is 12.1 Å². The molecule has 2 aromatic rings. The molecule has 1 aliphatic rings. The Hall–Kier alpha value is -3.07. The third-order valence-corrected chi connectivity index (χ3v) is 4.09. The van der Waals surface area contributed by atoms with Crippen molar-refractivity contribution in [1.82, 2.24) is 0 Å². The van der Waals surface area contributed by atoms with Crippen molar-refractivity contribution in [1.29, 1.82) is 0 Å². The van der Waals surface area contributed by atoms with Crippen molar-refractivity contribution in [2.24, 2.45) is 5.73 Å². The standard InChI is InChI=1S/C17H20N2O2.CHFO2.CH3NS/c1-13-2-3-15(12-17(13)21)19-10-8-18(9-11-19)14-4-6-16(20)7-5-14;2-4-1-3;2-1-3/h2-7,12,20-21H,8-11H2,1H3;1H;1H,(H2,2,3). The molecule has 0 atom stereocenters. The number of nitrogens with zero attached hydrogens (tertiary/aromatic N) is 2. The van der Waals surface area contributed by atoms with Crippen molar-refractivity contribution < 1.29 is 24.5 Å². The van der Waals surface area contributed by atoms with Crippen molar-refractivity contribution in [2.75, 3.05) is 36.0 Å². The number of benzene rings is 2. The van der Waals surface area contributed by atoms with Gasteiger partial charge < -0.3 is 25.7 Å². The summed E-state index contributed by atoms with van der Waals surface area (Å²) >= 11 is 4.05. The Balaban J connectivity index is 0.000000489. The number of aryl methyl sites for hydroxylation is 1. The van der Waals surface area contributed by atoms with Gasteiger partial charge in [0.05, 0.1) is 5.49 Å². The van der Waals surface area contributed by atoms with Gasteiger partial charge in [0.1, 0.15) is 11.5 Å². The summed E-state index contributed by atoms with van der Waals surface area (Å²) in [7, 11) is 0. The number of nitrogens with two attached hydrogens (primary N) is 1. The van der Waals surface area contributed by atoms with Crippen LogP contribution in [0.3, 0.4) is 0 Å². The first-order chi connectivity index (χ1) is 13.5. The Morgan fingerprint density at radius 1 is 1.04 bits per heavy atom. The second kappa shape index (κ2) is 12.3. The van der Waals surface area contributed by atoms with Gasteiger partial charge in [-0.15, -0.1) is 0 Å². The van der Waals surface area contributed by atoms with E-state index in [1.165, 1.54) is 0 Å². The van der Waals surface area contributed by atoms with E-state index in [1.807, 2.05) is 31.2 Å². The number of hydrogen-bond donors (Lipinski definition) is 3. The number of halogens is 1. The predicted octanol–water partition coefficient (Wildman–Crippen LogP) is 2.68. The van der Waals surface area contributed by atoms with E-state index < -0.39 is 0 Å². The lowest BCUT2D eigenvalue weighted by molar-refractivity contribution is -0.165. The molecule has 0 aromatic heterocycles. The van der Waals surface area contributed by atoms with E-state index in [0.29, 0.717) is 11.5 Å². The summed E-state index contributed by atoms with van der Waals surface area (Å²) in [5.74, 6) is 0.654. The molecule has 1 fully saturated rings. The van der Waals surface area contributed by atoms with Crippen LogP contribution >= 0.6 is 12.2 Å². The summed E-state index contributed by atoms with van der Waals surface area (Å²) in [6.45, 7) is 5.31. The smallest absolute Gasteiger partial charge is 0.337 e. The summed E-state index contributed by atoms with van der Waals surface area (Å²) in [6.07, 6.45) is 0. The van der Waals surface area contributed by atoms with Gasteiger partial charge in [-0.25, -0.2) is 0 Å². The highest BCUT2D eigenvalue weighted by Gasteiger charge is 2.18. The first-order valence-corrected chi connectivity index (χ1v) is 8.88. The van der Waals surface area contributed by atoms with E-state index in [0.717, 1.165) is 48.6 Å². The van der Waals surface area contributed by atoms with Gasteiger partial charge in [0.15, 0.2) is 0 Å². The summed E-state index contributed by atoms with van der Waals surface area (Å²) < 4.78 is 9.85. The minimum atomic E-state index is -0.292. The molecule has 1 aliphatic heterocycles. The molecule has 0 spiro atoms. The molecule has 3 rings (SSSR count). The fourth-order valence-corrected chi connectivity index (χ4v) is 2.68. The number of phenols is 2. The van der Waals surface area contributed by atoms with Gasteiger partial charge >= 0.3 is 6.47 Å². The van der Waals surface area contributed by atoms with Gasteiger partial charge in [-0.2, -0.15) is 0 Å². The number of thiocarbonyl (C=S) groups is 1. The largest absolute Gasteiger partial charge is 0.508 e. The molecular weight excluding hydrogens is 385 g/mol. The summed E-state index contributed by atoms with van der Waals surface area (Å²) in [5, 5.41) is 19.2. The van der Waals surface area contributed by atoms with Crippen LogP contribution in [-0.2, 0) is 9.74 Å². The van der Waals surface area contributed by atoms with Crippen molar-refractivity contribution >= 4 is 35.6 Å². The van der Waals surface area contributed by atoms with Crippen LogP contribution in [0.4, 0.5) is 15.9 Å². The van der Waals surface area contributed by atoms with Gasteiger partial charge in [0.2, 0.25) is 0 Å². The quantitative estimate of drug-likeness (QED) is 0.526. The van der Waals surface area contributed by atoms with Crippen LogP contribution in [0.1, 0.15) is 5.56 Å². The fraction of sp³-hybridized carbons (Fsp3) is 0.263. The minimum Gasteiger partial charge on any atom is -0.508 e. The van der Waals surface area contributed by atoms with Gasteiger partial charge in [0.25, 0.3) is 0 Å². The van der Waals surface area contributed by atoms with E-state index in [2.05, 4.69) is 38.8 Å². The maximum Gasteiger partial charge on any atom is 0.337 e. The molecule has 0 unspecified atom stereocenters. The van der Waals surface area contributed by atoms with E-state index >= 15 is 0 Å². The zero-order valence-corrected chi connectivity index (χ0v) is 16.3. The molecule has 0 aliphatic carbocycles. The predicted molar refractivity (Wildman–Crippen MR) is 111 cm³/mol. The lowest BCUT2D eigenvalue weighted by atomic mass is 10.1. The number of aromatic hydroxyl groups is 2. The molecule has 28 heavy (non-hydrogen) atoms. The van der Waals surface area contributed by atoms with Crippen LogP contribution in [0.2, 0.25) is 0 Å². The van der Waals surface area contributed by atoms with Crippen LogP contribution in [0.25, 0.3) is 0 Å². The van der Waals surface area contributed by atoms with Crippen molar-refractivity contribution in [3.63, 3.8) is 0 Å². The third-order valence-electron chi connectivity index (χ3n) is 4.09. The van der Waals surface area contributed by atoms with Crippen LogP contribution < -0.4 is 15.5 Å². The number of rotatable bonds is 3. The van der Waals surface area contributed by atoms with E-state index in [4.69, 9.17) is 4.79 Å². The van der Waals surface area contributed by atoms with Crippen LogP contribution in [-0.4, -0.2) is 48.4 Å². The fourth-order valence-electron chi connectivity index (χ4n) is 2.68. The maximum absolute atomic E-state index is 9.85. The average Bonchev–Trinajstić information content (AvgIpc) is 2.72. The summed E-state index contributed by atoms with van der Waals surface area (Å²) in [6, 6.07) is 13.2. The van der Waals surface area contributed by atoms with Gasteiger partial charge in [0, 0.05) is 48.1 Å². The Morgan fingerprint density at radius 2 is 1.46 bits per heavy atom.